The first-order valence-corrected chi connectivity index (χ1v) is 8.83. The van der Waals surface area contributed by atoms with Crippen LogP contribution in [-0.4, -0.2) is 34.9 Å². The molecule has 7 heteroatoms. The Morgan fingerprint density at radius 2 is 2.04 bits per heavy atom. The van der Waals surface area contributed by atoms with Crippen molar-refractivity contribution in [2.75, 3.05) is 18.4 Å². The number of halogens is 1. The summed E-state index contributed by atoms with van der Waals surface area (Å²) in [6.07, 6.45) is 5.21. The van der Waals surface area contributed by atoms with Crippen molar-refractivity contribution in [1.82, 2.24) is 4.90 Å². The summed E-state index contributed by atoms with van der Waals surface area (Å²) in [5, 5.41) is 14.6. The lowest BCUT2D eigenvalue weighted by molar-refractivity contribution is -0.384. The third kappa shape index (κ3) is 3.48. The molecule has 1 aliphatic heterocycles. The molecule has 0 bridgehead atoms. The number of nitro groups is 1. The minimum atomic E-state index is -0.444. The third-order valence-corrected chi connectivity index (χ3v) is 5.33. The van der Waals surface area contributed by atoms with E-state index in [1.165, 1.54) is 12.1 Å². The SMILES string of the molecule is Cc1cc([N+](=O)[O-])cc(Cl)c1NC1CCN(C(=O)C2CCCC2)C1. The van der Waals surface area contributed by atoms with E-state index in [1.54, 1.807) is 6.92 Å². The number of carbonyl (C=O) groups excluding carboxylic acids is 1. The maximum Gasteiger partial charge on any atom is 0.271 e. The van der Waals surface area contributed by atoms with Crippen LogP contribution in [0.3, 0.4) is 0 Å². The van der Waals surface area contributed by atoms with Crippen LogP contribution in [0.2, 0.25) is 5.02 Å². The standard InChI is InChI=1S/C17H22ClN3O3/c1-11-8-14(21(23)24)9-15(18)16(11)19-13-6-7-20(10-13)17(22)12-4-2-3-5-12/h8-9,12-13,19H,2-7,10H2,1H3. The van der Waals surface area contributed by atoms with Crippen LogP contribution in [0.1, 0.15) is 37.7 Å². The molecule has 1 aromatic carbocycles. The van der Waals surface area contributed by atoms with Gasteiger partial charge in [-0.05, 0) is 31.7 Å². The van der Waals surface area contributed by atoms with Gasteiger partial charge in [-0.2, -0.15) is 0 Å². The highest BCUT2D eigenvalue weighted by atomic mass is 35.5. The summed E-state index contributed by atoms with van der Waals surface area (Å²) in [7, 11) is 0. The number of likely N-dealkylation sites (tertiary alicyclic amines) is 1. The van der Waals surface area contributed by atoms with Crippen molar-refractivity contribution in [2.24, 2.45) is 5.92 Å². The lowest BCUT2D eigenvalue weighted by Gasteiger charge is -2.21. The molecule has 0 aromatic heterocycles. The molecule has 1 N–H and O–H groups in total. The zero-order valence-corrected chi connectivity index (χ0v) is 14.5. The molecule has 1 unspecified atom stereocenters. The summed E-state index contributed by atoms with van der Waals surface area (Å²) in [6.45, 7) is 3.23. The molecule has 0 spiro atoms. The second-order valence-electron chi connectivity index (χ2n) is 6.77. The fraction of sp³-hybridized carbons (Fsp3) is 0.588. The van der Waals surface area contributed by atoms with E-state index in [4.69, 9.17) is 11.6 Å². The summed E-state index contributed by atoms with van der Waals surface area (Å²) in [5.41, 5.74) is 1.46. The number of carbonyl (C=O) groups is 1. The van der Waals surface area contributed by atoms with Crippen LogP contribution in [0.15, 0.2) is 12.1 Å². The van der Waals surface area contributed by atoms with Crippen LogP contribution in [0.5, 0.6) is 0 Å². The maximum absolute atomic E-state index is 12.5. The Labute approximate surface area is 146 Å². The first kappa shape index (κ1) is 17.0. The smallest absolute Gasteiger partial charge is 0.271 e. The number of amides is 1. The molecule has 130 valence electrons. The van der Waals surface area contributed by atoms with Gasteiger partial charge >= 0.3 is 0 Å². The van der Waals surface area contributed by atoms with Gasteiger partial charge in [0.1, 0.15) is 0 Å². The summed E-state index contributed by atoms with van der Waals surface area (Å²) < 4.78 is 0. The summed E-state index contributed by atoms with van der Waals surface area (Å²) in [4.78, 5) is 24.9. The topological polar surface area (TPSA) is 75.5 Å². The molecule has 24 heavy (non-hydrogen) atoms. The predicted molar refractivity (Wildman–Crippen MR) is 93.4 cm³/mol. The number of rotatable bonds is 4. The number of hydrogen-bond acceptors (Lipinski definition) is 4. The van der Waals surface area contributed by atoms with Crippen molar-refractivity contribution in [3.8, 4) is 0 Å². The predicted octanol–water partition coefficient (Wildman–Crippen LogP) is 3.76. The minimum absolute atomic E-state index is 0.00694. The van der Waals surface area contributed by atoms with Gasteiger partial charge < -0.3 is 10.2 Å². The molecule has 1 heterocycles. The number of aryl methyl sites for hydroxylation is 1. The van der Waals surface area contributed by atoms with Crippen molar-refractivity contribution in [3.63, 3.8) is 0 Å². The summed E-state index contributed by atoms with van der Waals surface area (Å²) in [5.74, 6) is 0.483. The molecule has 2 aliphatic rings. The Morgan fingerprint density at radius 1 is 1.33 bits per heavy atom. The largest absolute Gasteiger partial charge is 0.379 e. The molecule has 1 atom stereocenters. The van der Waals surface area contributed by atoms with Crippen LogP contribution in [-0.2, 0) is 4.79 Å². The van der Waals surface area contributed by atoms with Gasteiger partial charge in [-0.1, -0.05) is 24.4 Å². The normalized spacial score (nSPS) is 21.2. The lowest BCUT2D eigenvalue weighted by Crippen LogP contribution is -2.35. The summed E-state index contributed by atoms with van der Waals surface area (Å²) in [6, 6.07) is 3.02. The molecule has 1 aromatic rings. The first-order valence-electron chi connectivity index (χ1n) is 8.45. The molecule has 1 aliphatic carbocycles. The number of non-ortho nitro benzene ring substituents is 1. The number of anilines is 1. The van der Waals surface area contributed by atoms with Crippen LogP contribution < -0.4 is 5.32 Å². The van der Waals surface area contributed by atoms with Crippen molar-refractivity contribution in [2.45, 2.75) is 45.1 Å². The first-order chi connectivity index (χ1) is 11.5. The Bertz CT molecular complexity index is 635. The average molecular weight is 352 g/mol. The van der Waals surface area contributed by atoms with Gasteiger partial charge in [0, 0.05) is 37.2 Å². The highest BCUT2D eigenvalue weighted by molar-refractivity contribution is 6.33. The van der Waals surface area contributed by atoms with E-state index < -0.39 is 4.92 Å². The average Bonchev–Trinajstić information content (AvgIpc) is 3.21. The molecule has 0 radical (unpaired) electrons. The number of benzene rings is 1. The Hall–Kier alpha value is -1.82. The van der Waals surface area contributed by atoms with E-state index in [-0.39, 0.29) is 23.6 Å². The van der Waals surface area contributed by atoms with Gasteiger partial charge in [-0.3, -0.25) is 14.9 Å². The van der Waals surface area contributed by atoms with Gasteiger partial charge in [-0.15, -0.1) is 0 Å². The van der Waals surface area contributed by atoms with E-state index in [2.05, 4.69) is 5.32 Å². The number of hydrogen-bond donors (Lipinski definition) is 1. The van der Waals surface area contributed by atoms with Crippen molar-refractivity contribution in [1.29, 1.82) is 0 Å². The van der Waals surface area contributed by atoms with Crippen molar-refractivity contribution in [3.05, 3.63) is 32.8 Å². The number of nitro benzene ring substituents is 1. The Kier molecular flexibility index (Phi) is 4.94. The zero-order chi connectivity index (χ0) is 17.3. The van der Waals surface area contributed by atoms with E-state index in [0.29, 0.717) is 11.6 Å². The maximum atomic E-state index is 12.5. The zero-order valence-electron chi connectivity index (χ0n) is 13.8. The fourth-order valence-corrected chi connectivity index (χ4v) is 4.04. The minimum Gasteiger partial charge on any atom is -0.379 e. The van der Waals surface area contributed by atoms with Gasteiger partial charge in [-0.25, -0.2) is 0 Å². The van der Waals surface area contributed by atoms with Gasteiger partial charge in [0.2, 0.25) is 5.91 Å². The monoisotopic (exact) mass is 351 g/mol. The second kappa shape index (κ2) is 6.97. The number of nitrogens with zero attached hydrogens (tertiary/aromatic N) is 2. The highest BCUT2D eigenvalue weighted by Crippen LogP contribution is 2.33. The molecule has 3 rings (SSSR count). The number of nitrogens with one attached hydrogen (secondary N) is 1. The van der Waals surface area contributed by atoms with Crippen LogP contribution >= 0.6 is 11.6 Å². The molecule has 1 saturated carbocycles. The molecular weight excluding hydrogens is 330 g/mol. The Balaban J connectivity index is 1.65. The van der Waals surface area contributed by atoms with Crippen LogP contribution in [0.4, 0.5) is 11.4 Å². The van der Waals surface area contributed by atoms with E-state index in [1.807, 2.05) is 4.90 Å². The van der Waals surface area contributed by atoms with Gasteiger partial charge in [0.15, 0.2) is 0 Å². The lowest BCUT2D eigenvalue weighted by atomic mass is 10.1. The second-order valence-corrected chi connectivity index (χ2v) is 7.18. The van der Waals surface area contributed by atoms with Gasteiger partial charge in [0.25, 0.3) is 5.69 Å². The van der Waals surface area contributed by atoms with E-state index in [9.17, 15) is 14.9 Å². The fourth-order valence-electron chi connectivity index (χ4n) is 3.73. The van der Waals surface area contributed by atoms with Crippen LogP contribution in [0.25, 0.3) is 0 Å². The highest BCUT2D eigenvalue weighted by Gasteiger charge is 2.32. The molecule has 1 saturated heterocycles. The third-order valence-electron chi connectivity index (χ3n) is 5.04. The molecule has 6 nitrogen and oxygen atoms in total. The molecular formula is C17H22ClN3O3. The molecule has 1 amide bonds. The molecule has 2 fully saturated rings. The van der Waals surface area contributed by atoms with Crippen molar-refractivity contribution >= 4 is 28.9 Å². The Morgan fingerprint density at radius 3 is 2.67 bits per heavy atom. The summed E-state index contributed by atoms with van der Waals surface area (Å²) >= 11 is 6.21. The van der Waals surface area contributed by atoms with Crippen molar-refractivity contribution < 1.29 is 9.72 Å². The van der Waals surface area contributed by atoms with E-state index >= 15 is 0 Å². The van der Waals surface area contributed by atoms with Gasteiger partial charge in [0.05, 0.1) is 15.6 Å². The van der Waals surface area contributed by atoms with Crippen LogP contribution in [0, 0.1) is 23.0 Å². The van der Waals surface area contributed by atoms with E-state index in [0.717, 1.165) is 49.9 Å². The quantitative estimate of drug-likeness (QED) is 0.662.